The maximum Gasteiger partial charge on any atom is 0.307 e. The van der Waals surface area contributed by atoms with Crippen LogP contribution in [0.15, 0.2) is 30.3 Å². The fourth-order valence-corrected chi connectivity index (χ4v) is 4.12. The van der Waals surface area contributed by atoms with E-state index in [1.807, 2.05) is 39.0 Å². The molecule has 156 valence electrons. The SMILES string of the molecule is Cc1cc(C)c(CC(=O)O)cc1CCN[C@@H](C)[C@@H]1Cc2c(C#N)cccc2NC1=O. The Hall–Kier alpha value is -3.17. The number of carboxylic acid groups (broad SMARTS) is 1. The van der Waals surface area contributed by atoms with Crippen molar-refractivity contribution >= 4 is 17.6 Å². The molecule has 0 bridgehead atoms. The number of aliphatic carboxylic acids is 1. The van der Waals surface area contributed by atoms with Crippen molar-refractivity contribution in [2.75, 3.05) is 11.9 Å². The minimum atomic E-state index is -0.833. The number of nitriles is 1. The summed E-state index contributed by atoms with van der Waals surface area (Å²) in [5.41, 5.74) is 6.30. The summed E-state index contributed by atoms with van der Waals surface area (Å²) in [6.07, 6.45) is 1.30. The zero-order valence-electron chi connectivity index (χ0n) is 17.6. The molecular weight excluding hydrogens is 378 g/mol. The number of fused-ring (bicyclic) bond motifs is 1. The van der Waals surface area contributed by atoms with Crippen molar-refractivity contribution in [1.29, 1.82) is 5.26 Å². The summed E-state index contributed by atoms with van der Waals surface area (Å²) in [6, 6.07) is 11.6. The Morgan fingerprint density at radius 3 is 2.73 bits per heavy atom. The van der Waals surface area contributed by atoms with Crippen molar-refractivity contribution in [1.82, 2.24) is 5.32 Å². The van der Waals surface area contributed by atoms with Crippen LogP contribution in [0.5, 0.6) is 0 Å². The fraction of sp³-hybridized carbons (Fsp3) is 0.375. The van der Waals surface area contributed by atoms with Gasteiger partial charge < -0.3 is 15.7 Å². The highest BCUT2D eigenvalue weighted by Crippen LogP contribution is 2.29. The zero-order chi connectivity index (χ0) is 21.8. The van der Waals surface area contributed by atoms with Crippen LogP contribution >= 0.6 is 0 Å². The van der Waals surface area contributed by atoms with Crippen LogP contribution in [0.3, 0.4) is 0 Å². The van der Waals surface area contributed by atoms with Gasteiger partial charge in [0.05, 0.1) is 24.0 Å². The molecule has 0 saturated carbocycles. The molecule has 6 nitrogen and oxygen atoms in total. The molecule has 1 amide bonds. The second-order valence-electron chi connectivity index (χ2n) is 8.01. The number of nitrogens with zero attached hydrogens (tertiary/aromatic N) is 1. The maximum absolute atomic E-state index is 12.6. The molecule has 3 rings (SSSR count). The molecule has 2 aromatic carbocycles. The van der Waals surface area contributed by atoms with Gasteiger partial charge >= 0.3 is 5.97 Å². The second-order valence-corrected chi connectivity index (χ2v) is 8.01. The van der Waals surface area contributed by atoms with Gasteiger partial charge in [0.15, 0.2) is 0 Å². The Morgan fingerprint density at radius 2 is 2.03 bits per heavy atom. The van der Waals surface area contributed by atoms with Gasteiger partial charge in [0.1, 0.15) is 0 Å². The van der Waals surface area contributed by atoms with E-state index in [0.29, 0.717) is 18.5 Å². The smallest absolute Gasteiger partial charge is 0.307 e. The number of rotatable bonds is 7. The van der Waals surface area contributed by atoms with E-state index >= 15 is 0 Å². The van der Waals surface area contributed by atoms with Crippen molar-refractivity contribution in [3.05, 3.63) is 63.7 Å². The minimum absolute atomic E-state index is 0.0197. The number of carbonyl (C=O) groups is 2. The molecule has 6 heteroatoms. The Bertz CT molecular complexity index is 1020. The lowest BCUT2D eigenvalue weighted by Gasteiger charge is -2.30. The van der Waals surface area contributed by atoms with Gasteiger partial charge in [0.2, 0.25) is 5.91 Å². The van der Waals surface area contributed by atoms with Gasteiger partial charge in [-0.25, -0.2) is 0 Å². The molecule has 1 aliphatic heterocycles. The van der Waals surface area contributed by atoms with Crippen LogP contribution in [0.2, 0.25) is 0 Å². The number of nitrogens with one attached hydrogen (secondary N) is 2. The van der Waals surface area contributed by atoms with E-state index < -0.39 is 5.97 Å². The molecule has 0 radical (unpaired) electrons. The summed E-state index contributed by atoms with van der Waals surface area (Å²) in [4.78, 5) is 23.7. The summed E-state index contributed by atoms with van der Waals surface area (Å²) in [5, 5.41) is 24.8. The lowest BCUT2D eigenvalue weighted by Crippen LogP contribution is -2.44. The van der Waals surface area contributed by atoms with Crippen LogP contribution in [0.1, 0.15) is 40.3 Å². The summed E-state index contributed by atoms with van der Waals surface area (Å²) < 4.78 is 0. The topological polar surface area (TPSA) is 102 Å². The third-order valence-electron chi connectivity index (χ3n) is 5.92. The Balaban J connectivity index is 1.65. The number of hydrogen-bond acceptors (Lipinski definition) is 4. The third kappa shape index (κ3) is 4.69. The van der Waals surface area contributed by atoms with E-state index in [1.165, 1.54) is 0 Å². The maximum atomic E-state index is 12.6. The summed E-state index contributed by atoms with van der Waals surface area (Å²) >= 11 is 0. The first kappa shape index (κ1) is 21.5. The molecule has 2 atom stereocenters. The van der Waals surface area contributed by atoms with Gasteiger partial charge in [-0.3, -0.25) is 9.59 Å². The third-order valence-corrected chi connectivity index (χ3v) is 5.92. The van der Waals surface area contributed by atoms with Crippen molar-refractivity contribution < 1.29 is 14.7 Å². The average Bonchev–Trinajstić information content (AvgIpc) is 2.69. The Labute approximate surface area is 176 Å². The first-order valence-electron chi connectivity index (χ1n) is 10.2. The lowest BCUT2D eigenvalue weighted by atomic mass is 9.86. The monoisotopic (exact) mass is 405 g/mol. The first-order valence-corrected chi connectivity index (χ1v) is 10.2. The lowest BCUT2D eigenvalue weighted by molar-refractivity contribution is -0.136. The van der Waals surface area contributed by atoms with E-state index in [0.717, 1.165) is 39.9 Å². The molecule has 1 heterocycles. The van der Waals surface area contributed by atoms with Crippen LogP contribution in [-0.2, 0) is 28.9 Å². The fourth-order valence-electron chi connectivity index (χ4n) is 4.12. The van der Waals surface area contributed by atoms with Crippen LogP contribution in [0.25, 0.3) is 0 Å². The second kappa shape index (κ2) is 9.10. The van der Waals surface area contributed by atoms with Gasteiger partial charge in [-0.15, -0.1) is 0 Å². The van der Waals surface area contributed by atoms with Crippen molar-refractivity contribution in [3.8, 4) is 6.07 Å². The van der Waals surface area contributed by atoms with Crippen molar-refractivity contribution in [2.24, 2.45) is 5.92 Å². The quantitative estimate of drug-likeness (QED) is 0.657. The highest BCUT2D eigenvalue weighted by atomic mass is 16.4. The van der Waals surface area contributed by atoms with E-state index in [4.69, 9.17) is 5.11 Å². The summed E-state index contributed by atoms with van der Waals surface area (Å²) in [7, 11) is 0. The van der Waals surface area contributed by atoms with Gasteiger partial charge in [-0.05, 0) is 80.1 Å². The predicted molar refractivity (Wildman–Crippen MR) is 115 cm³/mol. The number of hydrogen-bond donors (Lipinski definition) is 3. The van der Waals surface area contributed by atoms with Crippen LogP contribution in [0.4, 0.5) is 5.69 Å². The normalized spacial score (nSPS) is 16.3. The predicted octanol–water partition coefficient (Wildman–Crippen LogP) is 3.13. The largest absolute Gasteiger partial charge is 0.481 e. The molecule has 0 spiro atoms. The molecular formula is C24H27N3O3. The van der Waals surface area contributed by atoms with E-state index in [9.17, 15) is 14.9 Å². The molecule has 1 aliphatic rings. The van der Waals surface area contributed by atoms with E-state index in [1.54, 1.807) is 12.1 Å². The average molecular weight is 405 g/mol. The van der Waals surface area contributed by atoms with Crippen LogP contribution in [0, 0.1) is 31.1 Å². The first-order chi connectivity index (χ1) is 14.3. The van der Waals surface area contributed by atoms with Gasteiger partial charge in [-0.2, -0.15) is 5.26 Å². The molecule has 3 N–H and O–H groups in total. The van der Waals surface area contributed by atoms with Gasteiger partial charge in [-0.1, -0.05) is 18.2 Å². The number of carbonyl (C=O) groups excluding carboxylic acids is 1. The molecule has 0 fully saturated rings. The van der Waals surface area contributed by atoms with Crippen molar-refractivity contribution in [3.63, 3.8) is 0 Å². The van der Waals surface area contributed by atoms with Crippen molar-refractivity contribution in [2.45, 2.75) is 46.1 Å². The summed E-state index contributed by atoms with van der Waals surface area (Å²) in [5.74, 6) is -1.12. The van der Waals surface area contributed by atoms with E-state index in [2.05, 4.69) is 16.7 Å². The minimum Gasteiger partial charge on any atom is -0.481 e. The molecule has 2 aromatic rings. The molecule has 0 unspecified atom stereocenters. The Morgan fingerprint density at radius 1 is 1.30 bits per heavy atom. The standard InChI is InChI=1S/C24H27N3O3/c1-14-9-15(2)19(11-23(28)29)10-17(14)7-8-26-16(3)20-12-21-18(13-25)5-4-6-22(21)27-24(20)30/h4-6,9-10,16,20,26H,7-8,11-12H2,1-3H3,(H,27,30)(H,28,29)/t16-,20-/m0/s1. The van der Waals surface area contributed by atoms with Crippen LogP contribution < -0.4 is 10.6 Å². The number of benzene rings is 2. The Kier molecular flexibility index (Phi) is 6.53. The van der Waals surface area contributed by atoms with Gasteiger partial charge in [0, 0.05) is 11.7 Å². The van der Waals surface area contributed by atoms with Crippen LogP contribution in [-0.4, -0.2) is 29.6 Å². The summed E-state index contributed by atoms with van der Waals surface area (Å²) in [6.45, 7) is 6.63. The molecule has 0 aliphatic carbocycles. The number of aryl methyl sites for hydroxylation is 2. The highest BCUT2D eigenvalue weighted by Gasteiger charge is 2.31. The number of carboxylic acids is 1. The zero-order valence-corrected chi connectivity index (χ0v) is 17.6. The molecule has 0 saturated heterocycles. The highest BCUT2D eigenvalue weighted by molar-refractivity contribution is 5.96. The number of amides is 1. The number of anilines is 1. The molecule has 0 aromatic heterocycles. The van der Waals surface area contributed by atoms with E-state index in [-0.39, 0.29) is 24.3 Å². The molecule has 30 heavy (non-hydrogen) atoms. The van der Waals surface area contributed by atoms with Gasteiger partial charge in [0.25, 0.3) is 0 Å².